The first kappa shape index (κ1) is 32.2. The van der Waals surface area contributed by atoms with Gasteiger partial charge < -0.3 is 20.4 Å². The third kappa shape index (κ3) is 8.93. The molecule has 8 nitrogen and oxygen atoms in total. The van der Waals surface area contributed by atoms with Gasteiger partial charge >= 0.3 is 0 Å². The molecule has 5 aromatic rings. The summed E-state index contributed by atoms with van der Waals surface area (Å²) in [7, 11) is 0. The number of nitrogens with one attached hydrogen (secondary N) is 3. The van der Waals surface area contributed by atoms with Crippen molar-refractivity contribution in [2.75, 3.05) is 16.4 Å². The largest absolute Gasteiger partial charge is 0.457 e. The second-order valence-corrected chi connectivity index (χ2v) is 12.0. The van der Waals surface area contributed by atoms with Gasteiger partial charge in [-0.1, -0.05) is 46.3 Å². The normalized spacial score (nSPS) is 11.0. The molecule has 3 amide bonds. The first-order chi connectivity index (χ1) is 22.2. The van der Waals surface area contributed by atoms with Crippen LogP contribution in [0, 0.1) is 0 Å². The molecular weight excluding hydrogens is 666 g/mol. The summed E-state index contributed by atoms with van der Waals surface area (Å²) >= 11 is 4.76. The first-order valence-corrected chi connectivity index (χ1v) is 15.9. The van der Waals surface area contributed by atoms with Crippen LogP contribution in [-0.2, 0) is 9.59 Å². The zero-order valence-corrected chi connectivity index (χ0v) is 27.0. The summed E-state index contributed by atoms with van der Waals surface area (Å²) in [6, 6.07) is 33.5. The molecule has 0 aliphatic heterocycles. The molecule has 4 aromatic carbocycles. The van der Waals surface area contributed by atoms with Crippen molar-refractivity contribution in [2.45, 2.75) is 11.8 Å². The Labute approximate surface area is 278 Å². The SMILES string of the molecule is CC(=O)c1ccc(NC(=O)CSc2ccc(NC(=O)/C(=C/c3ccc(-c4ccc(Br)cc4)o3)NC(=O)c3ccccc3)cc2)cc1. The number of amides is 3. The van der Waals surface area contributed by atoms with Crippen molar-refractivity contribution in [3.63, 3.8) is 0 Å². The van der Waals surface area contributed by atoms with E-state index in [1.54, 1.807) is 91.0 Å². The Bertz CT molecular complexity index is 1890. The van der Waals surface area contributed by atoms with Gasteiger partial charge in [0.2, 0.25) is 5.91 Å². The molecule has 0 radical (unpaired) electrons. The Morgan fingerprint density at radius 2 is 1.39 bits per heavy atom. The molecule has 5 rings (SSSR count). The standard InChI is InChI=1S/C36H28BrN3O5S/c1-23(41)24-9-13-28(14-10-24)38-34(42)22-46-31-18-15-29(16-19-31)39-36(44)32(40-35(43)26-5-3-2-4-6-26)21-30-17-20-33(45-30)25-7-11-27(37)12-8-25/h2-21H,22H2,1H3,(H,38,42)(H,39,44)(H,40,43)/b32-21-. The van der Waals surface area contributed by atoms with E-state index in [2.05, 4.69) is 31.9 Å². The number of rotatable bonds is 11. The lowest BCUT2D eigenvalue weighted by Crippen LogP contribution is -2.30. The summed E-state index contributed by atoms with van der Waals surface area (Å²) in [6.45, 7) is 1.49. The van der Waals surface area contributed by atoms with Gasteiger partial charge in [-0.25, -0.2) is 0 Å². The molecule has 0 unspecified atom stereocenters. The van der Waals surface area contributed by atoms with Crippen molar-refractivity contribution in [1.29, 1.82) is 0 Å². The molecule has 10 heteroatoms. The molecule has 0 fully saturated rings. The van der Waals surface area contributed by atoms with E-state index in [-0.39, 0.29) is 23.1 Å². The molecule has 0 aliphatic carbocycles. The molecule has 0 spiro atoms. The van der Waals surface area contributed by atoms with Crippen LogP contribution in [0.2, 0.25) is 0 Å². The maximum Gasteiger partial charge on any atom is 0.272 e. The van der Waals surface area contributed by atoms with Gasteiger partial charge in [0.05, 0.1) is 5.75 Å². The maximum atomic E-state index is 13.4. The number of furan rings is 1. The highest BCUT2D eigenvalue weighted by Crippen LogP contribution is 2.26. The lowest BCUT2D eigenvalue weighted by Gasteiger charge is -2.11. The van der Waals surface area contributed by atoms with E-state index < -0.39 is 11.8 Å². The number of benzene rings is 4. The second kappa shape index (κ2) is 15.2. The predicted molar refractivity (Wildman–Crippen MR) is 185 cm³/mol. The van der Waals surface area contributed by atoms with Gasteiger partial charge in [0, 0.05) is 43.5 Å². The molecule has 0 atom stereocenters. The predicted octanol–water partition coefficient (Wildman–Crippen LogP) is 8.05. The van der Waals surface area contributed by atoms with Crippen molar-refractivity contribution in [1.82, 2.24) is 5.32 Å². The van der Waals surface area contributed by atoms with Gasteiger partial charge in [0.15, 0.2) is 5.78 Å². The number of hydrogen-bond acceptors (Lipinski definition) is 6. The van der Waals surface area contributed by atoms with Gasteiger partial charge in [0.25, 0.3) is 11.8 Å². The first-order valence-electron chi connectivity index (χ1n) is 14.1. The number of carbonyl (C=O) groups excluding carboxylic acids is 4. The molecule has 0 saturated heterocycles. The van der Waals surface area contributed by atoms with E-state index in [0.29, 0.717) is 34.0 Å². The lowest BCUT2D eigenvalue weighted by molar-refractivity contribution is -0.114. The Kier molecular flexibility index (Phi) is 10.6. The third-order valence-electron chi connectivity index (χ3n) is 6.63. The van der Waals surface area contributed by atoms with E-state index in [0.717, 1.165) is 14.9 Å². The van der Waals surface area contributed by atoms with Gasteiger partial charge in [-0.05, 0) is 91.9 Å². The number of hydrogen-bond donors (Lipinski definition) is 3. The molecule has 1 aromatic heterocycles. The van der Waals surface area contributed by atoms with E-state index in [1.165, 1.54) is 24.8 Å². The number of Topliss-reactive ketones (excluding diaryl/α,β-unsaturated/α-hetero) is 1. The summed E-state index contributed by atoms with van der Waals surface area (Å²) in [4.78, 5) is 51.1. The molecule has 46 heavy (non-hydrogen) atoms. The Hall–Kier alpha value is -5.19. The average molecular weight is 695 g/mol. The number of thioether (sulfide) groups is 1. The quantitative estimate of drug-likeness (QED) is 0.0732. The zero-order valence-electron chi connectivity index (χ0n) is 24.6. The van der Waals surface area contributed by atoms with E-state index in [1.807, 2.05) is 24.3 Å². The van der Waals surface area contributed by atoms with Crippen LogP contribution in [0.1, 0.15) is 33.4 Å². The summed E-state index contributed by atoms with van der Waals surface area (Å²) in [5.41, 5.74) is 2.94. The van der Waals surface area contributed by atoms with Crippen LogP contribution >= 0.6 is 27.7 Å². The smallest absolute Gasteiger partial charge is 0.272 e. The number of ketones is 1. The lowest BCUT2D eigenvalue weighted by atomic mass is 10.1. The fraction of sp³-hybridized carbons (Fsp3) is 0.0556. The minimum absolute atomic E-state index is 0.00276. The number of carbonyl (C=O) groups is 4. The van der Waals surface area contributed by atoms with Gasteiger partial charge in [-0.2, -0.15) is 0 Å². The Morgan fingerprint density at radius 3 is 2.07 bits per heavy atom. The van der Waals surface area contributed by atoms with Crippen LogP contribution in [0.15, 0.2) is 135 Å². The van der Waals surface area contributed by atoms with Crippen LogP contribution in [0.25, 0.3) is 17.4 Å². The summed E-state index contributed by atoms with van der Waals surface area (Å²) in [5.74, 6) is -0.0481. The molecule has 0 bridgehead atoms. The van der Waals surface area contributed by atoms with Gasteiger partial charge in [-0.3, -0.25) is 19.2 Å². The van der Waals surface area contributed by atoms with E-state index in [9.17, 15) is 19.2 Å². The van der Waals surface area contributed by atoms with Gasteiger partial charge in [0.1, 0.15) is 17.2 Å². The van der Waals surface area contributed by atoms with Crippen LogP contribution < -0.4 is 16.0 Å². The maximum absolute atomic E-state index is 13.4. The fourth-order valence-corrected chi connectivity index (χ4v) is 5.21. The summed E-state index contributed by atoms with van der Waals surface area (Å²) in [5, 5.41) is 8.34. The van der Waals surface area contributed by atoms with Crippen LogP contribution in [0.3, 0.4) is 0 Å². The second-order valence-electron chi connectivity index (χ2n) is 10.0. The van der Waals surface area contributed by atoms with Crippen molar-refractivity contribution >= 4 is 68.6 Å². The van der Waals surface area contributed by atoms with E-state index in [4.69, 9.17) is 4.42 Å². The molecule has 0 saturated carbocycles. The monoisotopic (exact) mass is 693 g/mol. The van der Waals surface area contributed by atoms with Crippen molar-refractivity contribution < 1.29 is 23.6 Å². The summed E-state index contributed by atoms with van der Waals surface area (Å²) < 4.78 is 6.91. The Morgan fingerprint density at radius 1 is 0.739 bits per heavy atom. The molecule has 1 heterocycles. The fourth-order valence-electron chi connectivity index (χ4n) is 4.25. The zero-order chi connectivity index (χ0) is 32.5. The van der Waals surface area contributed by atoms with Crippen molar-refractivity contribution in [2.24, 2.45) is 0 Å². The third-order valence-corrected chi connectivity index (χ3v) is 8.17. The minimum atomic E-state index is -0.540. The van der Waals surface area contributed by atoms with Crippen LogP contribution in [0.4, 0.5) is 11.4 Å². The van der Waals surface area contributed by atoms with Crippen molar-refractivity contribution in [3.8, 4) is 11.3 Å². The Balaban J connectivity index is 1.24. The van der Waals surface area contributed by atoms with E-state index >= 15 is 0 Å². The van der Waals surface area contributed by atoms with Crippen LogP contribution in [-0.4, -0.2) is 29.3 Å². The van der Waals surface area contributed by atoms with Gasteiger partial charge in [-0.15, -0.1) is 11.8 Å². The highest BCUT2D eigenvalue weighted by molar-refractivity contribution is 9.10. The number of halogens is 1. The highest BCUT2D eigenvalue weighted by Gasteiger charge is 2.17. The number of anilines is 2. The topological polar surface area (TPSA) is 118 Å². The highest BCUT2D eigenvalue weighted by atomic mass is 79.9. The molecule has 230 valence electrons. The molecule has 3 N–H and O–H groups in total. The van der Waals surface area contributed by atoms with Crippen molar-refractivity contribution in [3.05, 3.63) is 142 Å². The molecule has 0 aliphatic rings. The summed E-state index contributed by atoms with van der Waals surface area (Å²) in [6.07, 6.45) is 1.48. The minimum Gasteiger partial charge on any atom is -0.457 e. The molecular formula is C36H28BrN3O5S. The van der Waals surface area contributed by atoms with Crippen LogP contribution in [0.5, 0.6) is 0 Å². The average Bonchev–Trinajstić information content (AvgIpc) is 3.53.